The molecule has 3 N–H and O–H groups in total. The standard InChI is InChI=1S/C20H23N5O/c1-3-26-15-10-8-14(9-11-15)17-12-18(16-7-5-4-6-13(16)2)25-20(22-17)23-19(21)24-25/h4-11,17-18H,3,12H2,1-2H3,(H3,21,22,23,24)/t17-,18-/m0/s1. The van der Waals surface area contributed by atoms with Crippen LogP contribution in [0.4, 0.5) is 11.9 Å². The number of nitrogens with one attached hydrogen (secondary N) is 1. The van der Waals surface area contributed by atoms with Crippen molar-refractivity contribution in [3.8, 4) is 5.75 Å². The monoisotopic (exact) mass is 349 g/mol. The Morgan fingerprint density at radius 3 is 2.69 bits per heavy atom. The Labute approximate surface area is 153 Å². The van der Waals surface area contributed by atoms with Crippen molar-refractivity contribution in [3.63, 3.8) is 0 Å². The number of rotatable bonds is 4. The molecule has 1 aliphatic heterocycles. The predicted molar refractivity (Wildman–Crippen MR) is 102 cm³/mol. The summed E-state index contributed by atoms with van der Waals surface area (Å²) in [6.07, 6.45) is 0.870. The van der Waals surface area contributed by atoms with Gasteiger partial charge in [-0.15, -0.1) is 5.10 Å². The van der Waals surface area contributed by atoms with Crippen LogP contribution in [0.15, 0.2) is 48.5 Å². The summed E-state index contributed by atoms with van der Waals surface area (Å²) in [5, 5.41) is 7.89. The first kappa shape index (κ1) is 16.4. The maximum absolute atomic E-state index is 5.87. The molecular formula is C20H23N5O. The fourth-order valence-electron chi connectivity index (χ4n) is 3.60. The van der Waals surface area contributed by atoms with Crippen molar-refractivity contribution in [2.24, 2.45) is 0 Å². The molecule has 2 heterocycles. The minimum Gasteiger partial charge on any atom is -0.494 e. The van der Waals surface area contributed by atoms with Crippen LogP contribution in [0.3, 0.4) is 0 Å². The quantitative estimate of drug-likeness (QED) is 0.751. The van der Waals surface area contributed by atoms with Crippen molar-refractivity contribution in [1.82, 2.24) is 14.8 Å². The van der Waals surface area contributed by atoms with Gasteiger partial charge in [0.05, 0.1) is 18.7 Å². The molecule has 0 aliphatic carbocycles. The molecule has 134 valence electrons. The zero-order valence-corrected chi connectivity index (χ0v) is 15.0. The van der Waals surface area contributed by atoms with E-state index in [1.165, 1.54) is 16.7 Å². The molecular weight excluding hydrogens is 326 g/mol. The van der Waals surface area contributed by atoms with Crippen molar-refractivity contribution in [1.29, 1.82) is 0 Å². The number of anilines is 2. The molecule has 0 radical (unpaired) electrons. The molecule has 2 aromatic carbocycles. The SMILES string of the molecule is CCOc1ccc([C@@H]2C[C@@H](c3ccccc3C)n3nc(N)nc3N2)cc1. The Bertz CT molecular complexity index is 903. The van der Waals surface area contributed by atoms with Crippen LogP contribution in [0.5, 0.6) is 5.75 Å². The Balaban J connectivity index is 1.70. The lowest BCUT2D eigenvalue weighted by Gasteiger charge is -2.32. The lowest BCUT2D eigenvalue weighted by molar-refractivity contribution is 0.340. The van der Waals surface area contributed by atoms with Gasteiger partial charge in [-0.1, -0.05) is 36.4 Å². The number of hydrogen-bond acceptors (Lipinski definition) is 5. The second-order valence-electron chi connectivity index (χ2n) is 6.55. The zero-order valence-electron chi connectivity index (χ0n) is 15.0. The van der Waals surface area contributed by atoms with Crippen LogP contribution < -0.4 is 15.8 Å². The third-order valence-electron chi connectivity index (χ3n) is 4.85. The highest BCUT2D eigenvalue weighted by atomic mass is 16.5. The Kier molecular flexibility index (Phi) is 4.24. The molecule has 0 spiro atoms. The van der Waals surface area contributed by atoms with E-state index < -0.39 is 0 Å². The third-order valence-corrected chi connectivity index (χ3v) is 4.85. The largest absolute Gasteiger partial charge is 0.494 e. The van der Waals surface area contributed by atoms with Crippen LogP contribution in [0.2, 0.25) is 0 Å². The summed E-state index contributed by atoms with van der Waals surface area (Å²) in [5.41, 5.74) is 9.56. The molecule has 1 aliphatic rings. The van der Waals surface area contributed by atoms with Gasteiger partial charge in [0.2, 0.25) is 11.9 Å². The van der Waals surface area contributed by atoms with Crippen LogP contribution in [0, 0.1) is 6.92 Å². The topological polar surface area (TPSA) is 78.0 Å². The summed E-state index contributed by atoms with van der Waals surface area (Å²) >= 11 is 0. The van der Waals surface area contributed by atoms with E-state index >= 15 is 0 Å². The number of nitrogen functional groups attached to an aromatic ring is 1. The summed E-state index contributed by atoms with van der Waals surface area (Å²) < 4.78 is 7.46. The fourth-order valence-corrected chi connectivity index (χ4v) is 3.60. The van der Waals surface area contributed by atoms with Gasteiger partial charge in [0.25, 0.3) is 0 Å². The number of nitrogens with zero attached hydrogens (tertiary/aromatic N) is 3. The lowest BCUT2D eigenvalue weighted by atomic mass is 9.91. The van der Waals surface area contributed by atoms with Gasteiger partial charge in [-0.2, -0.15) is 4.98 Å². The van der Waals surface area contributed by atoms with E-state index in [2.05, 4.69) is 58.7 Å². The Hall–Kier alpha value is -3.02. The molecule has 26 heavy (non-hydrogen) atoms. The number of fused-ring (bicyclic) bond motifs is 1. The third kappa shape index (κ3) is 2.98. The fraction of sp³-hybridized carbons (Fsp3) is 0.300. The first-order valence-electron chi connectivity index (χ1n) is 8.92. The Morgan fingerprint density at radius 2 is 1.96 bits per heavy atom. The molecule has 0 amide bonds. The van der Waals surface area contributed by atoms with Gasteiger partial charge >= 0.3 is 0 Å². The van der Waals surface area contributed by atoms with Crippen molar-refractivity contribution in [3.05, 3.63) is 65.2 Å². The molecule has 4 rings (SSSR count). The average Bonchev–Trinajstić information content (AvgIpc) is 3.02. The first-order valence-corrected chi connectivity index (χ1v) is 8.92. The number of nitrogens with two attached hydrogens (primary N) is 1. The van der Waals surface area contributed by atoms with E-state index in [9.17, 15) is 0 Å². The highest BCUT2D eigenvalue weighted by Crippen LogP contribution is 2.39. The summed E-state index contributed by atoms with van der Waals surface area (Å²) in [7, 11) is 0. The highest BCUT2D eigenvalue weighted by molar-refractivity contribution is 5.43. The number of ether oxygens (including phenoxy) is 1. The van der Waals surface area contributed by atoms with E-state index in [4.69, 9.17) is 10.5 Å². The molecule has 0 saturated carbocycles. The summed E-state index contributed by atoms with van der Waals surface area (Å²) in [4.78, 5) is 4.37. The number of hydrogen-bond donors (Lipinski definition) is 2. The van der Waals surface area contributed by atoms with Gasteiger partial charge in [0.15, 0.2) is 0 Å². The van der Waals surface area contributed by atoms with Gasteiger partial charge in [0, 0.05) is 0 Å². The summed E-state index contributed by atoms with van der Waals surface area (Å²) in [6, 6.07) is 16.9. The molecule has 0 fully saturated rings. The molecule has 1 aromatic heterocycles. The van der Waals surface area contributed by atoms with E-state index in [0.717, 1.165) is 12.2 Å². The van der Waals surface area contributed by atoms with Gasteiger partial charge in [-0.05, 0) is 49.1 Å². The van der Waals surface area contributed by atoms with Crippen molar-refractivity contribution in [2.75, 3.05) is 17.7 Å². The van der Waals surface area contributed by atoms with Gasteiger partial charge < -0.3 is 15.8 Å². The van der Waals surface area contributed by atoms with E-state index in [1.54, 1.807) is 0 Å². The molecule has 6 heteroatoms. The van der Waals surface area contributed by atoms with Crippen LogP contribution >= 0.6 is 0 Å². The average molecular weight is 349 g/mol. The van der Waals surface area contributed by atoms with Crippen molar-refractivity contribution in [2.45, 2.75) is 32.4 Å². The lowest BCUT2D eigenvalue weighted by Crippen LogP contribution is -2.28. The molecule has 0 saturated heterocycles. The van der Waals surface area contributed by atoms with E-state index in [0.29, 0.717) is 18.5 Å². The van der Waals surface area contributed by atoms with Crippen LogP contribution in [0.1, 0.15) is 42.1 Å². The van der Waals surface area contributed by atoms with Crippen LogP contribution in [-0.2, 0) is 0 Å². The number of aromatic nitrogens is 3. The second-order valence-corrected chi connectivity index (χ2v) is 6.55. The molecule has 3 aromatic rings. The molecule has 6 nitrogen and oxygen atoms in total. The summed E-state index contributed by atoms with van der Waals surface area (Å²) in [6.45, 7) is 4.78. The Morgan fingerprint density at radius 1 is 1.19 bits per heavy atom. The van der Waals surface area contributed by atoms with E-state index in [1.807, 2.05) is 23.7 Å². The maximum Gasteiger partial charge on any atom is 0.241 e. The number of benzene rings is 2. The molecule has 0 bridgehead atoms. The van der Waals surface area contributed by atoms with Gasteiger partial charge in [-0.25, -0.2) is 4.68 Å². The van der Waals surface area contributed by atoms with Crippen molar-refractivity contribution >= 4 is 11.9 Å². The zero-order chi connectivity index (χ0) is 18.1. The predicted octanol–water partition coefficient (Wildman–Crippen LogP) is 3.71. The van der Waals surface area contributed by atoms with Crippen LogP contribution in [0.25, 0.3) is 0 Å². The van der Waals surface area contributed by atoms with Gasteiger partial charge in [0.1, 0.15) is 5.75 Å². The first-order chi connectivity index (χ1) is 12.7. The molecule has 2 atom stereocenters. The van der Waals surface area contributed by atoms with Gasteiger partial charge in [-0.3, -0.25) is 0 Å². The second kappa shape index (κ2) is 6.71. The normalized spacial score (nSPS) is 18.8. The molecule has 0 unspecified atom stereocenters. The van der Waals surface area contributed by atoms with E-state index in [-0.39, 0.29) is 12.1 Å². The number of aryl methyl sites for hydroxylation is 1. The minimum absolute atomic E-state index is 0.0915. The summed E-state index contributed by atoms with van der Waals surface area (Å²) in [5.74, 6) is 1.88. The van der Waals surface area contributed by atoms with Crippen LogP contribution in [-0.4, -0.2) is 21.4 Å². The smallest absolute Gasteiger partial charge is 0.241 e. The van der Waals surface area contributed by atoms with Crippen molar-refractivity contribution < 1.29 is 4.74 Å². The maximum atomic E-state index is 5.87. The highest BCUT2D eigenvalue weighted by Gasteiger charge is 2.31. The minimum atomic E-state index is 0.0915.